The van der Waals surface area contributed by atoms with Crippen molar-refractivity contribution in [2.24, 2.45) is 17.8 Å². The second-order valence-corrected chi connectivity index (χ2v) is 16.6. The average molecular weight is 752 g/mol. The SMILES string of the molecule is COC(=O)[C@@H](C)CC1(NC(=O)c2csc([C@@H](C[C@H](C(C)C)N(C)C(=O)[C@@H](NC(=O)[C@H]3CCCCN3C)C3CCC3)OC(C)=O)n2)CC1c1ccccc1. The van der Waals surface area contributed by atoms with Crippen molar-refractivity contribution in [1.82, 2.24) is 25.4 Å². The third kappa shape index (κ3) is 9.64. The van der Waals surface area contributed by atoms with Crippen molar-refractivity contribution in [3.8, 4) is 0 Å². The number of amides is 3. The van der Waals surface area contributed by atoms with E-state index >= 15 is 0 Å². The van der Waals surface area contributed by atoms with Gasteiger partial charge in [-0.15, -0.1) is 11.3 Å². The highest BCUT2D eigenvalue weighted by atomic mass is 32.1. The Morgan fingerprint density at radius 2 is 1.77 bits per heavy atom. The Hall–Kier alpha value is -3.84. The standard InChI is InChI=1S/C40H57N5O7S/c1-24(2)32(45(6)38(49)34(28-16-13-17-28)42-36(48)31-18-11-12-19-44(31)5)20-33(52-26(4)46)37-41-30(23-53-37)35(47)43-40(21-25(3)39(50)51-7)22-29(40)27-14-9-8-10-15-27/h8-10,14-15,23-25,28-29,31-34H,11-13,16-22H2,1-7H3,(H,42,48)(H,43,47)/t25-,29?,31+,32+,33+,34-,40?/m0/s1. The first-order valence-corrected chi connectivity index (χ1v) is 20.0. The van der Waals surface area contributed by atoms with Crippen LogP contribution >= 0.6 is 11.3 Å². The predicted molar refractivity (Wildman–Crippen MR) is 202 cm³/mol. The third-order valence-electron chi connectivity index (χ3n) is 11.6. The van der Waals surface area contributed by atoms with Crippen LogP contribution in [0.1, 0.15) is 119 Å². The zero-order valence-corrected chi connectivity index (χ0v) is 33.1. The number of likely N-dealkylation sites (tertiary alicyclic amines) is 1. The maximum atomic E-state index is 14.3. The highest BCUT2D eigenvalue weighted by molar-refractivity contribution is 7.09. The number of nitrogens with one attached hydrogen (secondary N) is 2. The summed E-state index contributed by atoms with van der Waals surface area (Å²) in [4.78, 5) is 74.8. The molecule has 2 aliphatic carbocycles. The first kappa shape index (κ1) is 40.3. The molecule has 5 rings (SSSR count). The fraction of sp³-hybridized carbons (Fsp3) is 0.650. The van der Waals surface area contributed by atoms with Crippen LogP contribution in [0.3, 0.4) is 0 Å². The minimum absolute atomic E-state index is 0.0200. The monoisotopic (exact) mass is 751 g/mol. The van der Waals surface area contributed by atoms with Gasteiger partial charge < -0.3 is 25.0 Å². The van der Waals surface area contributed by atoms with Gasteiger partial charge in [-0.1, -0.05) is 63.9 Å². The summed E-state index contributed by atoms with van der Waals surface area (Å²) < 4.78 is 10.8. The molecule has 2 N–H and O–H groups in total. The molecule has 7 atom stereocenters. The Kier molecular flexibility index (Phi) is 13.3. The lowest BCUT2D eigenvalue weighted by atomic mass is 9.78. The molecule has 12 nitrogen and oxygen atoms in total. The summed E-state index contributed by atoms with van der Waals surface area (Å²) in [6.07, 6.45) is 6.16. The molecule has 0 spiro atoms. The van der Waals surface area contributed by atoms with E-state index in [1.807, 2.05) is 51.2 Å². The Morgan fingerprint density at radius 3 is 2.38 bits per heavy atom. The van der Waals surface area contributed by atoms with Gasteiger partial charge in [0.25, 0.3) is 5.91 Å². The summed E-state index contributed by atoms with van der Waals surface area (Å²) in [7, 11) is 5.09. The number of benzene rings is 1. The van der Waals surface area contributed by atoms with Crippen LogP contribution < -0.4 is 10.6 Å². The van der Waals surface area contributed by atoms with E-state index in [0.717, 1.165) is 50.6 Å². The Labute approximate surface area is 317 Å². The summed E-state index contributed by atoms with van der Waals surface area (Å²) >= 11 is 1.23. The van der Waals surface area contributed by atoms with Gasteiger partial charge in [-0.05, 0) is 69.5 Å². The van der Waals surface area contributed by atoms with Crippen LogP contribution in [-0.2, 0) is 28.7 Å². The molecule has 53 heavy (non-hydrogen) atoms. The number of nitrogens with zero attached hydrogens (tertiary/aromatic N) is 3. The van der Waals surface area contributed by atoms with Gasteiger partial charge in [0.05, 0.1) is 19.1 Å². The molecule has 0 radical (unpaired) electrons. The summed E-state index contributed by atoms with van der Waals surface area (Å²) in [6, 6.07) is 8.68. The highest BCUT2D eigenvalue weighted by Crippen LogP contribution is 2.55. The van der Waals surface area contributed by atoms with Crippen molar-refractivity contribution in [2.45, 2.75) is 121 Å². The van der Waals surface area contributed by atoms with Gasteiger partial charge in [-0.25, -0.2) is 4.98 Å². The third-order valence-corrected chi connectivity index (χ3v) is 12.5. The van der Waals surface area contributed by atoms with Crippen molar-refractivity contribution < 1.29 is 33.4 Å². The molecule has 2 heterocycles. The van der Waals surface area contributed by atoms with E-state index in [1.54, 1.807) is 24.3 Å². The number of methoxy groups -OCH3 is 1. The summed E-state index contributed by atoms with van der Waals surface area (Å²) in [6.45, 7) is 8.02. The lowest BCUT2D eigenvalue weighted by molar-refractivity contribution is -0.149. The fourth-order valence-corrected chi connectivity index (χ4v) is 9.03. The molecule has 1 aliphatic heterocycles. The fourth-order valence-electron chi connectivity index (χ4n) is 8.19. The van der Waals surface area contributed by atoms with E-state index in [0.29, 0.717) is 17.8 Å². The van der Waals surface area contributed by atoms with E-state index in [1.165, 1.54) is 25.4 Å². The van der Waals surface area contributed by atoms with E-state index in [4.69, 9.17) is 9.47 Å². The van der Waals surface area contributed by atoms with Gasteiger partial charge in [0.2, 0.25) is 11.8 Å². The maximum absolute atomic E-state index is 14.3. The highest BCUT2D eigenvalue weighted by Gasteiger charge is 2.57. The van der Waals surface area contributed by atoms with E-state index in [2.05, 4.69) is 20.5 Å². The molecule has 1 saturated heterocycles. The summed E-state index contributed by atoms with van der Waals surface area (Å²) in [5, 5.41) is 8.46. The van der Waals surface area contributed by atoms with Crippen LogP contribution in [0.5, 0.6) is 0 Å². The number of thiazole rings is 1. The molecular weight excluding hydrogens is 695 g/mol. The molecular formula is C40H57N5O7S. The summed E-state index contributed by atoms with van der Waals surface area (Å²) in [5.74, 6) is -1.79. The van der Waals surface area contributed by atoms with Crippen molar-refractivity contribution in [3.63, 3.8) is 0 Å². The van der Waals surface area contributed by atoms with Crippen molar-refractivity contribution in [2.75, 3.05) is 27.7 Å². The summed E-state index contributed by atoms with van der Waals surface area (Å²) in [5.41, 5.74) is 0.630. The van der Waals surface area contributed by atoms with Crippen LogP contribution in [-0.4, -0.2) is 95.9 Å². The lowest BCUT2D eigenvalue weighted by Gasteiger charge is -2.41. The molecule has 1 aromatic carbocycles. The van der Waals surface area contributed by atoms with Crippen LogP contribution in [0, 0.1) is 17.8 Å². The Bertz CT molecular complexity index is 1610. The smallest absolute Gasteiger partial charge is 0.308 e. The number of carbonyl (C=O) groups is 5. The first-order valence-electron chi connectivity index (χ1n) is 19.1. The van der Waals surface area contributed by atoms with Gasteiger partial charge >= 0.3 is 11.9 Å². The lowest BCUT2D eigenvalue weighted by Crippen LogP contribution is -2.59. The number of rotatable bonds is 16. The van der Waals surface area contributed by atoms with E-state index < -0.39 is 29.6 Å². The molecule has 2 saturated carbocycles. The number of likely N-dealkylation sites (N-methyl/N-ethyl adjacent to an activating group) is 2. The minimum atomic E-state index is -0.805. The molecule has 290 valence electrons. The van der Waals surface area contributed by atoms with Crippen LogP contribution in [0.2, 0.25) is 0 Å². The molecule has 2 unspecified atom stereocenters. The zero-order chi connectivity index (χ0) is 38.4. The molecule has 13 heteroatoms. The van der Waals surface area contributed by atoms with E-state index in [-0.39, 0.29) is 65.6 Å². The van der Waals surface area contributed by atoms with Crippen LogP contribution in [0.25, 0.3) is 0 Å². The number of esters is 2. The van der Waals surface area contributed by atoms with Crippen molar-refractivity contribution >= 4 is 41.0 Å². The first-order chi connectivity index (χ1) is 25.2. The maximum Gasteiger partial charge on any atom is 0.308 e. The largest absolute Gasteiger partial charge is 0.469 e. The predicted octanol–water partition coefficient (Wildman–Crippen LogP) is 5.24. The van der Waals surface area contributed by atoms with Gasteiger partial charge in [0.1, 0.15) is 16.7 Å². The van der Waals surface area contributed by atoms with Crippen molar-refractivity contribution in [3.05, 3.63) is 52.0 Å². The number of carbonyl (C=O) groups excluding carboxylic acids is 5. The van der Waals surface area contributed by atoms with Crippen molar-refractivity contribution in [1.29, 1.82) is 0 Å². The number of ether oxygens (including phenoxy) is 2. The number of hydrogen-bond acceptors (Lipinski definition) is 10. The normalized spacial score (nSPS) is 23.8. The quantitative estimate of drug-likeness (QED) is 0.220. The number of aromatic nitrogens is 1. The second kappa shape index (κ2) is 17.5. The number of piperidine rings is 1. The van der Waals surface area contributed by atoms with Crippen LogP contribution in [0.4, 0.5) is 0 Å². The zero-order valence-electron chi connectivity index (χ0n) is 32.3. The Morgan fingerprint density at radius 1 is 1.06 bits per heavy atom. The molecule has 3 aliphatic rings. The number of hydrogen-bond donors (Lipinski definition) is 2. The van der Waals surface area contributed by atoms with E-state index in [9.17, 15) is 24.0 Å². The Balaban J connectivity index is 1.32. The molecule has 3 fully saturated rings. The van der Waals surface area contributed by atoms with Crippen LogP contribution in [0.15, 0.2) is 35.7 Å². The second-order valence-electron chi connectivity index (χ2n) is 15.7. The minimum Gasteiger partial charge on any atom is -0.469 e. The van der Waals surface area contributed by atoms with Gasteiger partial charge in [-0.3, -0.25) is 28.9 Å². The van der Waals surface area contributed by atoms with Gasteiger partial charge in [0.15, 0.2) is 6.10 Å². The van der Waals surface area contributed by atoms with Gasteiger partial charge in [0, 0.05) is 43.3 Å². The molecule has 1 aromatic heterocycles. The molecule has 2 aromatic rings. The van der Waals surface area contributed by atoms with Gasteiger partial charge in [-0.2, -0.15) is 0 Å². The molecule has 0 bridgehead atoms. The average Bonchev–Trinajstić information content (AvgIpc) is 3.55. The molecule has 3 amide bonds. The topological polar surface area (TPSA) is 147 Å².